The molecule has 1 aromatic heterocycles. The number of nitro groups is 1. The highest BCUT2D eigenvalue weighted by molar-refractivity contribution is 5.80. The third-order valence-electron chi connectivity index (χ3n) is 2.47. The summed E-state index contributed by atoms with van der Waals surface area (Å²) in [4.78, 5) is 31.0. The molecule has 3 N–H and O–H groups in total. The fraction of sp³-hybridized carbons (Fsp3) is 0.500. The molecule has 1 rings (SSSR count). The molecule has 1 amide bonds. The van der Waals surface area contributed by atoms with Crippen molar-refractivity contribution < 1.29 is 9.72 Å². The quantitative estimate of drug-likeness (QED) is 0.551. The second-order valence-corrected chi connectivity index (χ2v) is 3.79. The number of aromatic nitrogens is 2. The molecule has 0 atom stereocenters. The summed E-state index contributed by atoms with van der Waals surface area (Å²) in [6.07, 6.45) is 0. The summed E-state index contributed by atoms with van der Waals surface area (Å²) in [5, 5.41) is 13.8. The number of nitrogens with zero attached hydrogens (tertiary/aromatic N) is 4. The summed E-state index contributed by atoms with van der Waals surface area (Å²) >= 11 is 0. The summed E-state index contributed by atoms with van der Waals surface area (Å²) < 4.78 is 0. The fourth-order valence-electron chi connectivity index (χ4n) is 1.62. The Labute approximate surface area is 110 Å². The van der Waals surface area contributed by atoms with Crippen LogP contribution >= 0.6 is 0 Å². The van der Waals surface area contributed by atoms with Gasteiger partial charge in [0.2, 0.25) is 17.7 Å². The lowest BCUT2D eigenvalue weighted by Crippen LogP contribution is -2.35. The minimum absolute atomic E-state index is 0.0863. The first kappa shape index (κ1) is 14.6. The number of rotatable bonds is 6. The number of carbonyl (C=O) groups is 1. The van der Waals surface area contributed by atoms with Crippen LogP contribution in [-0.4, -0.2) is 40.9 Å². The number of amides is 1. The standard InChI is InChI=1S/C10H16N6O3/c1-4-15(5-7(11)17)9-8(16(18)19)6(2)13-10(12-3)14-9/h4-5H2,1-3H3,(H2,11,17)(H,12,13,14). The largest absolute Gasteiger partial charge is 0.368 e. The van der Waals surface area contributed by atoms with E-state index in [0.29, 0.717) is 6.54 Å². The van der Waals surface area contributed by atoms with Crippen LogP contribution in [0.3, 0.4) is 0 Å². The summed E-state index contributed by atoms with van der Waals surface area (Å²) in [6.45, 7) is 3.49. The van der Waals surface area contributed by atoms with Crippen LogP contribution in [0.1, 0.15) is 12.6 Å². The molecule has 0 bridgehead atoms. The van der Waals surface area contributed by atoms with Crippen molar-refractivity contribution in [2.45, 2.75) is 13.8 Å². The van der Waals surface area contributed by atoms with Crippen molar-refractivity contribution in [1.82, 2.24) is 9.97 Å². The predicted molar refractivity (Wildman–Crippen MR) is 70.1 cm³/mol. The lowest BCUT2D eigenvalue weighted by atomic mass is 10.3. The lowest BCUT2D eigenvalue weighted by molar-refractivity contribution is -0.385. The van der Waals surface area contributed by atoms with Gasteiger partial charge in [0.15, 0.2) is 0 Å². The van der Waals surface area contributed by atoms with Crippen molar-refractivity contribution >= 4 is 23.4 Å². The van der Waals surface area contributed by atoms with E-state index in [1.165, 1.54) is 11.8 Å². The molecule has 9 nitrogen and oxygen atoms in total. The van der Waals surface area contributed by atoms with Crippen LogP contribution in [0.2, 0.25) is 0 Å². The van der Waals surface area contributed by atoms with Crippen LogP contribution in [0.15, 0.2) is 0 Å². The van der Waals surface area contributed by atoms with Gasteiger partial charge in [0.25, 0.3) is 0 Å². The summed E-state index contributed by atoms with van der Waals surface area (Å²) in [6, 6.07) is 0. The van der Waals surface area contributed by atoms with E-state index in [4.69, 9.17) is 5.73 Å². The molecule has 1 aromatic rings. The number of aryl methyl sites for hydroxylation is 1. The summed E-state index contributed by atoms with van der Waals surface area (Å²) in [7, 11) is 1.61. The monoisotopic (exact) mass is 268 g/mol. The average molecular weight is 268 g/mol. The van der Waals surface area contributed by atoms with E-state index < -0.39 is 10.8 Å². The second kappa shape index (κ2) is 5.94. The molecule has 1 heterocycles. The zero-order chi connectivity index (χ0) is 14.6. The predicted octanol–water partition coefficient (Wildman–Crippen LogP) is 0.0465. The van der Waals surface area contributed by atoms with Gasteiger partial charge in [-0.05, 0) is 13.8 Å². The van der Waals surface area contributed by atoms with E-state index in [-0.39, 0.29) is 29.7 Å². The maximum Gasteiger partial charge on any atom is 0.332 e. The third kappa shape index (κ3) is 3.27. The first-order valence-corrected chi connectivity index (χ1v) is 5.64. The van der Waals surface area contributed by atoms with E-state index in [2.05, 4.69) is 15.3 Å². The van der Waals surface area contributed by atoms with Crippen molar-refractivity contribution in [2.75, 3.05) is 30.4 Å². The SMILES string of the molecule is CCN(CC(N)=O)c1nc(NC)nc(C)c1[N+](=O)[O-]. The minimum Gasteiger partial charge on any atom is -0.368 e. The van der Waals surface area contributed by atoms with Crippen LogP contribution in [-0.2, 0) is 4.79 Å². The van der Waals surface area contributed by atoms with Gasteiger partial charge in [-0.1, -0.05) is 0 Å². The molecule has 0 aliphatic heterocycles. The Morgan fingerprint density at radius 3 is 2.58 bits per heavy atom. The molecular weight excluding hydrogens is 252 g/mol. The number of primary amides is 1. The Morgan fingerprint density at radius 2 is 2.16 bits per heavy atom. The van der Waals surface area contributed by atoms with Gasteiger partial charge in [0, 0.05) is 13.6 Å². The van der Waals surface area contributed by atoms with Gasteiger partial charge in [-0.15, -0.1) is 0 Å². The topological polar surface area (TPSA) is 127 Å². The Kier molecular flexibility index (Phi) is 4.56. The maximum absolute atomic E-state index is 11.1. The number of anilines is 2. The highest BCUT2D eigenvalue weighted by Crippen LogP contribution is 2.29. The van der Waals surface area contributed by atoms with Crippen molar-refractivity contribution in [2.24, 2.45) is 5.73 Å². The molecule has 104 valence electrons. The Hall–Kier alpha value is -2.45. The van der Waals surface area contributed by atoms with Crippen LogP contribution in [0.4, 0.5) is 17.5 Å². The van der Waals surface area contributed by atoms with Gasteiger partial charge < -0.3 is 16.0 Å². The Morgan fingerprint density at radius 1 is 1.53 bits per heavy atom. The van der Waals surface area contributed by atoms with E-state index in [1.54, 1.807) is 14.0 Å². The zero-order valence-electron chi connectivity index (χ0n) is 11.0. The average Bonchev–Trinajstić information content (AvgIpc) is 2.33. The number of carbonyl (C=O) groups excluding carboxylic acids is 1. The van der Waals surface area contributed by atoms with E-state index in [9.17, 15) is 14.9 Å². The number of hydrogen-bond acceptors (Lipinski definition) is 7. The van der Waals surface area contributed by atoms with Gasteiger partial charge in [-0.3, -0.25) is 14.9 Å². The van der Waals surface area contributed by atoms with E-state index in [0.717, 1.165) is 0 Å². The Balaban J connectivity index is 3.39. The lowest BCUT2D eigenvalue weighted by Gasteiger charge is -2.20. The van der Waals surface area contributed by atoms with Crippen LogP contribution in [0, 0.1) is 17.0 Å². The normalized spacial score (nSPS) is 10.1. The molecule has 0 spiro atoms. The van der Waals surface area contributed by atoms with E-state index in [1.807, 2.05) is 0 Å². The fourth-order valence-corrected chi connectivity index (χ4v) is 1.62. The van der Waals surface area contributed by atoms with Gasteiger partial charge in [0.1, 0.15) is 5.69 Å². The van der Waals surface area contributed by atoms with Gasteiger partial charge in [-0.2, -0.15) is 4.98 Å². The van der Waals surface area contributed by atoms with Gasteiger partial charge in [-0.25, -0.2) is 4.98 Å². The van der Waals surface area contributed by atoms with Crippen LogP contribution < -0.4 is 16.0 Å². The molecule has 0 saturated carbocycles. The molecule has 0 saturated heterocycles. The smallest absolute Gasteiger partial charge is 0.332 e. The molecule has 0 aliphatic rings. The molecule has 0 unspecified atom stereocenters. The number of nitrogens with two attached hydrogens (primary N) is 1. The number of hydrogen-bond donors (Lipinski definition) is 2. The molecule has 0 radical (unpaired) electrons. The summed E-state index contributed by atoms with van der Waals surface area (Å²) in [5.74, 6) is -0.248. The summed E-state index contributed by atoms with van der Waals surface area (Å²) in [5.41, 5.74) is 5.14. The molecular formula is C10H16N6O3. The zero-order valence-corrected chi connectivity index (χ0v) is 11.0. The molecule has 0 aromatic carbocycles. The first-order valence-electron chi connectivity index (χ1n) is 5.64. The van der Waals surface area contributed by atoms with E-state index >= 15 is 0 Å². The second-order valence-electron chi connectivity index (χ2n) is 3.79. The molecule has 0 aliphatic carbocycles. The van der Waals surface area contributed by atoms with Crippen molar-refractivity contribution in [3.05, 3.63) is 15.8 Å². The molecule has 9 heteroatoms. The van der Waals surface area contributed by atoms with Gasteiger partial charge in [0.05, 0.1) is 11.5 Å². The molecule has 0 fully saturated rings. The minimum atomic E-state index is -0.585. The molecule has 19 heavy (non-hydrogen) atoms. The van der Waals surface area contributed by atoms with Crippen LogP contribution in [0.25, 0.3) is 0 Å². The Bertz CT molecular complexity index is 504. The maximum atomic E-state index is 11.1. The third-order valence-corrected chi connectivity index (χ3v) is 2.47. The first-order chi connectivity index (χ1) is 8.90. The highest BCUT2D eigenvalue weighted by Gasteiger charge is 2.26. The highest BCUT2D eigenvalue weighted by atomic mass is 16.6. The van der Waals surface area contributed by atoms with Gasteiger partial charge >= 0.3 is 5.69 Å². The number of likely N-dealkylation sites (N-methyl/N-ethyl adjacent to an activating group) is 1. The van der Waals surface area contributed by atoms with Crippen molar-refractivity contribution in [3.8, 4) is 0 Å². The van der Waals surface area contributed by atoms with Crippen molar-refractivity contribution in [3.63, 3.8) is 0 Å². The number of nitrogens with one attached hydrogen (secondary N) is 1. The van der Waals surface area contributed by atoms with Crippen molar-refractivity contribution in [1.29, 1.82) is 0 Å². The van der Waals surface area contributed by atoms with Crippen LogP contribution in [0.5, 0.6) is 0 Å².